The summed E-state index contributed by atoms with van der Waals surface area (Å²) >= 11 is 0. The van der Waals surface area contributed by atoms with Crippen molar-refractivity contribution in [3.05, 3.63) is 29.8 Å². The lowest BCUT2D eigenvalue weighted by Gasteiger charge is -2.37. The van der Waals surface area contributed by atoms with Crippen LogP contribution >= 0.6 is 0 Å². The highest BCUT2D eigenvalue weighted by atomic mass is 16.5. The summed E-state index contributed by atoms with van der Waals surface area (Å²) in [6.07, 6.45) is 5.13. The first kappa shape index (κ1) is 17.2. The predicted molar refractivity (Wildman–Crippen MR) is 95.1 cm³/mol. The Labute approximate surface area is 145 Å². The van der Waals surface area contributed by atoms with Crippen molar-refractivity contribution in [1.29, 1.82) is 0 Å². The van der Waals surface area contributed by atoms with Gasteiger partial charge in [-0.25, -0.2) is 0 Å². The van der Waals surface area contributed by atoms with Gasteiger partial charge in [0, 0.05) is 24.7 Å². The average Bonchev–Trinajstić information content (AvgIpc) is 3.15. The van der Waals surface area contributed by atoms with Crippen LogP contribution < -0.4 is 10.1 Å². The molecule has 1 atom stereocenters. The molecular weight excluding hydrogens is 302 g/mol. The molecule has 1 amide bonds. The van der Waals surface area contributed by atoms with Crippen molar-refractivity contribution in [2.45, 2.75) is 38.3 Å². The Balaban J connectivity index is 1.46. The quantitative estimate of drug-likeness (QED) is 0.864. The lowest BCUT2D eigenvalue weighted by molar-refractivity contribution is -0.122. The van der Waals surface area contributed by atoms with Crippen molar-refractivity contribution in [3.63, 3.8) is 0 Å². The van der Waals surface area contributed by atoms with Gasteiger partial charge in [-0.15, -0.1) is 0 Å². The first-order valence-electron chi connectivity index (χ1n) is 9.11. The number of ether oxygens (including phenoxy) is 1. The molecule has 0 spiro atoms. The molecule has 0 bridgehead atoms. The number of para-hydroxylation sites is 1. The number of methoxy groups -OCH3 is 1. The summed E-state index contributed by atoms with van der Waals surface area (Å²) in [5.41, 5.74) is 1.02. The summed E-state index contributed by atoms with van der Waals surface area (Å²) < 4.78 is 5.33. The number of amides is 1. The zero-order chi connectivity index (χ0) is 16.8. The van der Waals surface area contributed by atoms with E-state index in [1.807, 2.05) is 24.3 Å². The monoisotopic (exact) mass is 331 g/mol. The van der Waals surface area contributed by atoms with E-state index in [9.17, 15) is 4.79 Å². The molecule has 24 heavy (non-hydrogen) atoms. The van der Waals surface area contributed by atoms with Gasteiger partial charge >= 0.3 is 0 Å². The molecule has 2 fully saturated rings. The van der Waals surface area contributed by atoms with Gasteiger partial charge in [-0.1, -0.05) is 18.2 Å². The number of carbonyl (C=O) groups excluding carboxylic acids is 1. The van der Waals surface area contributed by atoms with E-state index >= 15 is 0 Å². The Kier molecular flexibility index (Phi) is 6.10. The Morgan fingerprint density at radius 2 is 2.00 bits per heavy atom. The number of hydrogen-bond donors (Lipinski definition) is 1. The van der Waals surface area contributed by atoms with Crippen LogP contribution in [0.3, 0.4) is 0 Å². The maximum absolute atomic E-state index is 12.3. The van der Waals surface area contributed by atoms with Gasteiger partial charge in [0.2, 0.25) is 5.91 Å². The largest absolute Gasteiger partial charge is 0.496 e. The summed E-state index contributed by atoms with van der Waals surface area (Å²) in [6.45, 7) is 5.55. The number of nitrogens with zero attached hydrogens (tertiary/aromatic N) is 2. The summed E-state index contributed by atoms with van der Waals surface area (Å²) in [4.78, 5) is 17.2. The number of likely N-dealkylation sites (tertiary alicyclic amines) is 2. The van der Waals surface area contributed by atoms with Gasteiger partial charge in [0.15, 0.2) is 0 Å². The van der Waals surface area contributed by atoms with Gasteiger partial charge in [-0.2, -0.15) is 0 Å². The molecular formula is C19H29N3O2. The van der Waals surface area contributed by atoms with Gasteiger partial charge < -0.3 is 10.1 Å². The van der Waals surface area contributed by atoms with Crippen LogP contribution in [0.1, 0.15) is 31.2 Å². The minimum Gasteiger partial charge on any atom is -0.496 e. The number of piperidine rings is 1. The first-order chi connectivity index (χ1) is 11.8. The highest BCUT2D eigenvalue weighted by Crippen LogP contribution is 2.20. The Bertz CT molecular complexity index is 543. The minimum atomic E-state index is 0.1000. The third kappa shape index (κ3) is 4.48. The van der Waals surface area contributed by atoms with Crippen molar-refractivity contribution < 1.29 is 9.53 Å². The van der Waals surface area contributed by atoms with Crippen molar-refractivity contribution in [2.75, 3.05) is 39.8 Å². The summed E-state index contributed by atoms with van der Waals surface area (Å²) in [7, 11) is 1.66. The zero-order valence-corrected chi connectivity index (χ0v) is 14.7. The van der Waals surface area contributed by atoms with E-state index in [2.05, 4.69) is 15.1 Å². The second kappa shape index (κ2) is 8.49. The van der Waals surface area contributed by atoms with E-state index < -0.39 is 0 Å². The van der Waals surface area contributed by atoms with Gasteiger partial charge in [-0.05, 0) is 51.4 Å². The Hall–Kier alpha value is -1.59. The van der Waals surface area contributed by atoms with Crippen molar-refractivity contribution >= 4 is 5.91 Å². The van der Waals surface area contributed by atoms with E-state index in [0.29, 0.717) is 19.1 Å². The first-order valence-corrected chi connectivity index (χ1v) is 9.11. The van der Waals surface area contributed by atoms with Gasteiger partial charge in [-0.3, -0.25) is 14.6 Å². The molecule has 5 heteroatoms. The second-order valence-corrected chi connectivity index (χ2v) is 6.86. The normalized spacial score (nSPS) is 22.5. The minimum absolute atomic E-state index is 0.1000. The fourth-order valence-electron chi connectivity index (χ4n) is 3.88. The molecule has 2 aliphatic rings. The standard InChI is InChI=1S/C19H29N3O2/c1-24-18-9-3-2-7-16(18)13-20-19(23)15-21-10-6-8-17(14-21)22-11-4-5-12-22/h2-3,7,9,17H,4-6,8,10-15H2,1H3,(H,20,23). The lowest BCUT2D eigenvalue weighted by Crippen LogP contribution is -2.49. The highest BCUT2D eigenvalue weighted by Gasteiger charge is 2.27. The third-order valence-corrected chi connectivity index (χ3v) is 5.17. The van der Waals surface area contributed by atoms with E-state index in [1.165, 1.54) is 38.8 Å². The molecule has 1 aromatic rings. The van der Waals surface area contributed by atoms with Crippen LogP contribution in [0.25, 0.3) is 0 Å². The van der Waals surface area contributed by atoms with Gasteiger partial charge in [0.1, 0.15) is 5.75 Å². The Morgan fingerprint density at radius 3 is 2.79 bits per heavy atom. The van der Waals surface area contributed by atoms with Crippen LogP contribution in [0.2, 0.25) is 0 Å². The smallest absolute Gasteiger partial charge is 0.234 e. The summed E-state index contributed by atoms with van der Waals surface area (Å²) in [6, 6.07) is 8.46. The van der Waals surface area contributed by atoms with E-state index in [0.717, 1.165) is 24.4 Å². The van der Waals surface area contributed by atoms with Crippen LogP contribution in [-0.2, 0) is 11.3 Å². The van der Waals surface area contributed by atoms with Crippen LogP contribution in [0, 0.1) is 0 Å². The number of benzene rings is 1. The highest BCUT2D eigenvalue weighted by molar-refractivity contribution is 5.78. The van der Waals surface area contributed by atoms with E-state index in [4.69, 9.17) is 4.74 Å². The molecule has 3 rings (SSSR count). The van der Waals surface area contributed by atoms with Crippen molar-refractivity contribution in [1.82, 2.24) is 15.1 Å². The third-order valence-electron chi connectivity index (χ3n) is 5.17. The Morgan fingerprint density at radius 1 is 1.21 bits per heavy atom. The van der Waals surface area contributed by atoms with Crippen LogP contribution in [0.5, 0.6) is 5.75 Å². The lowest BCUT2D eigenvalue weighted by atomic mass is 10.0. The zero-order valence-electron chi connectivity index (χ0n) is 14.7. The second-order valence-electron chi connectivity index (χ2n) is 6.86. The summed E-state index contributed by atoms with van der Waals surface area (Å²) in [5, 5.41) is 3.03. The topological polar surface area (TPSA) is 44.8 Å². The number of nitrogens with one attached hydrogen (secondary N) is 1. The van der Waals surface area contributed by atoms with Crippen LogP contribution in [0.4, 0.5) is 0 Å². The number of carbonyl (C=O) groups is 1. The molecule has 2 aliphatic heterocycles. The molecule has 0 aromatic heterocycles. The molecule has 0 aliphatic carbocycles. The van der Waals surface area contributed by atoms with Crippen molar-refractivity contribution in [3.8, 4) is 5.75 Å². The molecule has 0 radical (unpaired) electrons. The molecule has 1 unspecified atom stereocenters. The molecule has 2 heterocycles. The predicted octanol–water partition coefficient (Wildman–Crippen LogP) is 1.87. The van der Waals surface area contributed by atoms with E-state index in [1.54, 1.807) is 7.11 Å². The fourth-order valence-corrected chi connectivity index (χ4v) is 3.88. The molecule has 1 aromatic carbocycles. The van der Waals surface area contributed by atoms with E-state index in [-0.39, 0.29) is 5.91 Å². The molecule has 2 saturated heterocycles. The van der Waals surface area contributed by atoms with Crippen LogP contribution in [0.15, 0.2) is 24.3 Å². The fraction of sp³-hybridized carbons (Fsp3) is 0.632. The maximum atomic E-state index is 12.3. The van der Waals surface area contributed by atoms with Gasteiger partial charge in [0.05, 0.1) is 13.7 Å². The molecule has 5 nitrogen and oxygen atoms in total. The number of hydrogen-bond acceptors (Lipinski definition) is 4. The average molecular weight is 331 g/mol. The maximum Gasteiger partial charge on any atom is 0.234 e. The summed E-state index contributed by atoms with van der Waals surface area (Å²) in [5.74, 6) is 0.924. The van der Waals surface area contributed by atoms with Crippen LogP contribution in [-0.4, -0.2) is 61.6 Å². The molecule has 1 N–H and O–H groups in total. The number of rotatable bonds is 6. The SMILES string of the molecule is COc1ccccc1CNC(=O)CN1CCCC(N2CCCC2)C1. The van der Waals surface area contributed by atoms with Gasteiger partial charge in [0.25, 0.3) is 0 Å². The molecule has 132 valence electrons. The van der Waals surface area contributed by atoms with Crippen molar-refractivity contribution in [2.24, 2.45) is 0 Å². The molecule has 0 saturated carbocycles.